The van der Waals surface area contributed by atoms with Crippen LogP contribution >= 0.6 is 0 Å². The van der Waals surface area contributed by atoms with E-state index in [1.165, 1.54) is 180 Å². The quantitative estimate of drug-likeness (QED) is 0.0261. The minimum absolute atomic E-state index is 0.0853. The average Bonchev–Trinajstić information content (AvgIpc) is 3.37. The Bertz CT molecular complexity index is 1280. The van der Waals surface area contributed by atoms with Gasteiger partial charge in [-0.25, -0.2) is 0 Å². The number of rotatable bonds is 56. The third kappa shape index (κ3) is 57.9. The summed E-state index contributed by atoms with van der Waals surface area (Å²) in [6.45, 7) is 6.52. The minimum atomic E-state index is -0.790. The fraction of sp³-hybridized carbons (Fsp3) is 0.800. The predicted octanol–water partition coefficient (Wildman–Crippen LogP) is 20.8. The van der Waals surface area contributed by atoms with Crippen LogP contribution in [0.25, 0.3) is 0 Å². The van der Waals surface area contributed by atoms with Gasteiger partial charge in [-0.05, 0) is 103 Å². The van der Waals surface area contributed by atoms with Gasteiger partial charge in [0.25, 0.3) is 0 Å². The van der Waals surface area contributed by atoms with Crippen LogP contribution in [0.5, 0.6) is 0 Å². The first-order valence-electron chi connectivity index (χ1n) is 30.8. The lowest BCUT2D eigenvalue weighted by atomic mass is 10.0. The van der Waals surface area contributed by atoms with E-state index < -0.39 is 6.10 Å². The zero-order valence-corrected chi connectivity index (χ0v) is 47.2. The number of carbonyl (C=O) groups excluding carboxylic acids is 3. The van der Waals surface area contributed by atoms with Gasteiger partial charge in [0.1, 0.15) is 13.2 Å². The molecule has 0 aromatic heterocycles. The van der Waals surface area contributed by atoms with E-state index in [1.807, 2.05) is 0 Å². The molecule has 6 heteroatoms. The second kappa shape index (κ2) is 59.7. The highest BCUT2D eigenvalue weighted by Gasteiger charge is 2.19. The van der Waals surface area contributed by atoms with Crippen molar-refractivity contribution in [2.45, 2.75) is 322 Å². The smallest absolute Gasteiger partial charge is 0.306 e. The summed E-state index contributed by atoms with van der Waals surface area (Å²) in [5.74, 6) is -0.912. The number of esters is 3. The number of hydrogen-bond donors (Lipinski definition) is 0. The van der Waals surface area contributed by atoms with Crippen LogP contribution in [0, 0.1) is 0 Å². The second-order valence-electron chi connectivity index (χ2n) is 20.6. The molecule has 0 saturated carbocycles. The molecule has 0 aliphatic rings. The van der Waals surface area contributed by atoms with Crippen molar-refractivity contribution in [3.63, 3.8) is 0 Å². The van der Waals surface area contributed by atoms with E-state index in [0.717, 1.165) is 96.3 Å². The Morgan fingerprint density at radius 1 is 0.296 bits per heavy atom. The summed E-state index contributed by atoms with van der Waals surface area (Å²) in [6, 6.07) is 0. The van der Waals surface area contributed by atoms with Gasteiger partial charge in [0.05, 0.1) is 0 Å². The van der Waals surface area contributed by atoms with Crippen molar-refractivity contribution in [2.75, 3.05) is 13.2 Å². The molecule has 0 amide bonds. The molecule has 1 atom stereocenters. The molecule has 0 saturated heterocycles. The molecule has 0 radical (unpaired) electrons. The lowest BCUT2D eigenvalue weighted by Gasteiger charge is -2.18. The maximum atomic E-state index is 12.9. The predicted molar refractivity (Wildman–Crippen MR) is 307 cm³/mol. The summed E-state index contributed by atoms with van der Waals surface area (Å²) in [5.41, 5.74) is 0. The first-order valence-corrected chi connectivity index (χ1v) is 30.8. The van der Waals surface area contributed by atoms with Gasteiger partial charge < -0.3 is 14.2 Å². The van der Waals surface area contributed by atoms with Gasteiger partial charge in [0.2, 0.25) is 0 Å². The Kier molecular flexibility index (Phi) is 57.2. The van der Waals surface area contributed by atoms with Crippen molar-refractivity contribution in [1.82, 2.24) is 0 Å². The first-order chi connectivity index (χ1) is 35.0. The highest BCUT2D eigenvalue weighted by atomic mass is 16.6. The fourth-order valence-electron chi connectivity index (χ4n) is 8.86. The minimum Gasteiger partial charge on any atom is -0.462 e. The standard InChI is InChI=1S/C65H116O6/c1-4-7-10-13-16-19-22-25-27-28-29-30-31-32-33-34-35-36-38-40-43-46-49-52-55-58-64(67)70-61-62(60-69-63(66)57-54-51-48-45-42-39-24-21-18-15-12-9-6-3)71-65(68)59-56-53-50-47-44-41-37-26-23-20-17-14-11-8-5-2/h9,12,18,21,26,28-29,37,39,42,62H,4-8,10-11,13-17,19-20,22-25,27,30-36,38,40-41,43-61H2,1-3H3/b12-9-,21-18-,29-28-,37-26-,42-39-. The molecule has 0 fully saturated rings. The molecule has 1 unspecified atom stereocenters. The van der Waals surface area contributed by atoms with E-state index in [9.17, 15) is 14.4 Å². The van der Waals surface area contributed by atoms with Gasteiger partial charge in [0, 0.05) is 19.3 Å². The topological polar surface area (TPSA) is 78.9 Å². The van der Waals surface area contributed by atoms with Crippen molar-refractivity contribution in [3.05, 3.63) is 60.8 Å². The van der Waals surface area contributed by atoms with Gasteiger partial charge in [-0.2, -0.15) is 0 Å². The molecule has 0 bridgehead atoms. The summed E-state index contributed by atoms with van der Waals surface area (Å²) >= 11 is 0. The van der Waals surface area contributed by atoms with Crippen LogP contribution in [-0.4, -0.2) is 37.2 Å². The van der Waals surface area contributed by atoms with Crippen molar-refractivity contribution in [1.29, 1.82) is 0 Å². The number of hydrogen-bond acceptors (Lipinski definition) is 6. The molecule has 0 aromatic rings. The van der Waals surface area contributed by atoms with Gasteiger partial charge >= 0.3 is 17.9 Å². The molecular weight excluding hydrogens is 877 g/mol. The molecule has 0 N–H and O–H groups in total. The van der Waals surface area contributed by atoms with E-state index in [-0.39, 0.29) is 31.1 Å². The summed E-state index contributed by atoms with van der Waals surface area (Å²) in [6.07, 6.45) is 75.2. The van der Waals surface area contributed by atoms with E-state index in [2.05, 4.69) is 81.5 Å². The highest BCUT2D eigenvalue weighted by Crippen LogP contribution is 2.16. The van der Waals surface area contributed by atoms with Crippen LogP contribution in [0.4, 0.5) is 0 Å². The maximum absolute atomic E-state index is 12.9. The third-order valence-corrected chi connectivity index (χ3v) is 13.5. The monoisotopic (exact) mass is 993 g/mol. The zero-order valence-electron chi connectivity index (χ0n) is 47.2. The van der Waals surface area contributed by atoms with Gasteiger partial charge in [-0.1, -0.05) is 255 Å². The molecule has 0 spiro atoms. The summed E-state index contributed by atoms with van der Waals surface area (Å²) < 4.78 is 16.9. The van der Waals surface area contributed by atoms with Crippen molar-refractivity contribution in [3.8, 4) is 0 Å². The number of carbonyl (C=O) groups is 3. The second-order valence-corrected chi connectivity index (χ2v) is 20.6. The molecule has 71 heavy (non-hydrogen) atoms. The average molecular weight is 994 g/mol. The van der Waals surface area contributed by atoms with Crippen molar-refractivity contribution >= 4 is 17.9 Å². The van der Waals surface area contributed by atoms with E-state index in [4.69, 9.17) is 14.2 Å². The van der Waals surface area contributed by atoms with Crippen LogP contribution in [-0.2, 0) is 28.6 Å². The summed E-state index contributed by atoms with van der Waals surface area (Å²) in [4.78, 5) is 38.2. The van der Waals surface area contributed by atoms with Crippen LogP contribution in [0.3, 0.4) is 0 Å². The van der Waals surface area contributed by atoms with Crippen LogP contribution in [0.2, 0.25) is 0 Å². The largest absolute Gasteiger partial charge is 0.462 e. The third-order valence-electron chi connectivity index (χ3n) is 13.5. The molecule has 6 nitrogen and oxygen atoms in total. The fourth-order valence-corrected chi connectivity index (χ4v) is 8.86. The van der Waals surface area contributed by atoms with Crippen molar-refractivity contribution in [2.24, 2.45) is 0 Å². The zero-order chi connectivity index (χ0) is 51.4. The maximum Gasteiger partial charge on any atom is 0.306 e. The Labute approximate surface area is 440 Å². The summed E-state index contributed by atoms with van der Waals surface area (Å²) in [5, 5.41) is 0. The molecule has 0 rings (SSSR count). The van der Waals surface area contributed by atoms with Crippen molar-refractivity contribution < 1.29 is 28.6 Å². The Balaban J connectivity index is 4.27. The molecule has 0 heterocycles. The van der Waals surface area contributed by atoms with Crippen LogP contribution in [0.1, 0.15) is 316 Å². The molecule has 0 aliphatic heterocycles. The molecule has 0 aromatic carbocycles. The Morgan fingerprint density at radius 3 is 0.887 bits per heavy atom. The van der Waals surface area contributed by atoms with Gasteiger partial charge in [-0.15, -0.1) is 0 Å². The first kappa shape index (κ1) is 68.1. The highest BCUT2D eigenvalue weighted by molar-refractivity contribution is 5.71. The lowest BCUT2D eigenvalue weighted by molar-refractivity contribution is -0.167. The molecule has 0 aliphatic carbocycles. The Hall–Kier alpha value is -2.89. The van der Waals surface area contributed by atoms with Gasteiger partial charge in [-0.3, -0.25) is 14.4 Å². The molecule has 412 valence electrons. The summed E-state index contributed by atoms with van der Waals surface area (Å²) in [7, 11) is 0. The van der Waals surface area contributed by atoms with Gasteiger partial charge in [0.15, 0.2) is 6.10 Å². The number of ether oxygens (including phenoxy) is 3. The number of allylic oxidation sites excluding steroid dienone is 10. The lowest BCUT2D eigenvalue weighted by Crippen LogP contribution is -2.30. The van der Waals surface area contributed by atoms with E-state index in [1.54, 1.807) is 0 Å². The number of unbranched alkanes of at least 4 members (excludes halogenated alkanes) is 35. The van der Waals surface area contributed by atoms with E-state index >= 15 is 0 Å². The van der Waals surface area contributed by atoms with E-state index in [0.29, 0.717) is 19.3 Å². The van der Waals surface area contributed by atoms with Crippen LogP contribution in [0.15, 0.2) is 60.8 Å². The molecular formula is C65H116O6. The normalized spacial score (nSPS) is 12.4. The van der Waals surface area contributed by atoms with Crippen LogP contribution < -0.4 is 0 Å². The SMILES string of the molecule is CC/C=C\C/C=C\C/C=C\CCCCCC(=O)OCC(COC(=O)CCCCCCCCCCCCCCC/C=C\CCCCCCCCCC)OC(=O)CCCCCCC/C=C\CCCCCCCC. The Morgan fingerprint density at radius 2 is 0.549 bits per heavy atom.